The topological polar surface area (TPSA) is 73.0 Å². The van der Waals surface area contributed by atoms with Crippen LogP contribution < -0.4 is 5.32 Å². The summed E-state index contributed by atoms with van der Waals surface area (Å²) in [5.74, 6) is 0. The van der Waals surface area contributed by atoms with Crippen LogP contribution in [0.15, 0.2) is 30.5 Å². The fourth-order valence-corrected chi connectivity index (χ4v) is 1.97. The number of aromatic nitrogens is 2. The van der Waals surface area contributed by atoms with Crippen LogP contribution in [0.5, 0.6) is 0 Å². The van der Waals surface area contributed by atoms with Gasteiger partial charge in [0.05, 0.1) is 16.3 Å². The molecule has 0 aliphatic heterocycles. The zero-order valence-electron chi connectivity index (χ0n) is 11.1. The molecule has 0 saturated carbocycles. The summed E-state index contributed by atoms with van der Waals surface area (Å²) in [6.45, 7) is 3.88. The third-order valence-electron chi connectivity index (χ3n) is 2.97. The van der Waals surface area contributed by atoms with Gasteiger partial charge in [-0.1, -0.05) is 12.1 Å². The van der Waals surface area contributed by atoms with Crippen molar-refractivity contribution < 1.29 is 4.92 Å². The molecule has 0 radical (unpaired) electrons. The predicted molar refractivity (Wildman–Crippen MR) is 73.1 cm³/mol. The number of nitro benzene ring substituents is 1. The van der Waals surface area contributed by atoms with Gasteiger partial charge in [-0.3, -0.25) is 14.8 Å². The van der Waals surface area contributed by atoms with Gasteiger partial charge >= 0.3 is 0 Å². The van der Waals surface area contributed by atoms with Gasteiger partial charge in [0, 0.05) is 31.4 Å². The van der Waals surface area contributed by atoms with Crippen molar-refractivity contribution in [3.63, 3.8) is 0 Å². The summed E-state index contributed by atoms with van der Waals surface area (Å²) in [5, 5.41) is 18.3. The maximum Gasteiger partial charge on any atom is 0.269 e. The fraction of sp³-hybridized carbons (Fsp3) is 0.308. The first-order valence-corrected chi connectivity index (χ1v) is 5.98. The predicted octanol–water partition coefficient (Wildman–Crippen LogP) is 2.81. The average Bonchev–Trinajstić information content (AvgIpc) is 2.68. The Morgan fingerprint density at radius 3 is 2.79 bits per heavy atom. The standard InChI is InChI=1S/C13H16N4O2/c1-9(14-13-8-16(3)15-10(13)2)11-5-4-6-12(7-11)17(18)19/h4-9,14H,1-3H3. The first-order valence-electron chi connectivity index (χ1n) is 5.98. The normalized spacial score (nSPS) is 12.2. The molecule has 2 rings (SSSR count). The van der Waals surface area contributed by atoms with E-state index in [1.165, 1.54) is 6.07 Å². The number of nitro groups is 1. The van der Waals surface area contributed by atoms with E-state index in [1.807, 2.05) is 33.2 Å². The highest BCUT2D eigenvalue weighted by Crippen LogP contribution is 2.23. The van der Waals surface area contributed by atoms with E-state index in [0.717, 1.165) is 16.9 Å². The highest BCUT2D eigenvalue weighted by atomic mass is 16.6. The lowest BCUT2D eigenvalue weighted by molar-refractivity contribution is -0.384. The van der Waals surface area contributed by atoms with Gasteiger partial charge in [0.2, 0.25) is 0 Å². The quantitative estimate of drug-likeness (QED) is 0.677. The maximum atomic E-state index is 10.8. The van der Waals surface area contributed by atoms with E-state index in [9.17, 15) is 10.1 Å². The molecule has 0 amide bonds. The second kappa shape index (κ2) is 5.09. The summed E-state index contributed by atoms with van der Waals surface area (Å²) in [6.07, 6.45) is 1.89. The smallest absolute Gasteiger partial charge is 0.269 e. The molecule has 1 aromatic carbocycles. The first-order chi connectivity index (χ1) is 8.97. The lowest BCUT2D eigenvalue weighted by Crippen LogP contribution is -2.07. The number of hydrogen-bond acceptors (Lipinski definition) is 4. The van der Waals surface area contributed by atoms with Crippen LogP contribution >= 0.6 is 0 Å². The van der Waals surface area contributed by atoms with Gasteiger partial charge in [0.15, 0.2) is 0 Å². The van der Waals surface area contributed by atoms with Crippen molar-refractivity contribution in [1.29, 1.82) is 0 Å². The number of nitrogens with one attached hydrogen (secondary N) is 1. The second-order valence-corrected chi connectivity index (χ2v) is 4.52. The van der Waals surface area contributed by atoms with E-state index in [1.54, 1.807) is 16.8 Å². The summed E-state index contributed by atoms with van der Waals surface area (Å²) in [4.78, 5) is 10.4. The SMILES string of the molecule is Cc1nn(C)cc1NC(C)c1cccc([N+](=O)[O-])c1. The van der Waals surface area contributed by atoms with Crippen LogP contribution in [0.1, 0.15) is 24.2 Å². The number of anilines is 1. The van der Waals surface area contributed by atoms with E-state index in [-0.39, 0.29) is 16.7 Å². The Kier molecular flexibility index (Phi) is 3.50. The molecule has 1 N–H and O–H groups in total. The Balaban J connectivity index is 2.20. The molecule has 6 nitrogen and oxygen atoms in total. The molecule has 0 bridgehead atoms. The Labute approximate surface area is 111 Å². The van der Waals surface area contributed by atoms with Crippen molar-refractivity contribution in [3.05, 3.63) is 51.8 Å². The van der Waals surface area contributed by atoms with Crippen molar-refractivity contribution in [3.8, 4) is 0 Å². The minimum Gasteiger partial charge on any atom is -0.376 e. The molecule has 0 saturated heterocycles. The van der Waals surface area contributed by atoms with Crippen molar-refractivity contribution in [2.75, 3.05) is 5.32 Å². The van der Waals surface area contributed by atoms with Crippen LogP contribution in [-0.4, -0.2) is 14.7 Å². The number of nitrogens with zero attached hydrogens (tertiary/aromatic N) is 3. The maximum absolute atomic E-state index is 10.8. The summed E-state index contributed by atoms with van der Waals surface area (Å²) in [6, 6.07) is 6.62. The third-order valence-corrected chi connectivity index (χ3v) is 2.97. The summed E-state index contributed by atoms with van der Waals surface area (Å²) >= 11 is 0. The number of non-ortho nitro benzene ring substituents is 1. The van der Waals surface area contributed by atoms with Gasteiger partial charge in [-0.25, -0.2) is 0 Å². The highest BCUT2D eigenvalue weighted by Gasteiger charge is 2.12. The highest BCUT2D eigenvalue weighted by molar-refractivity contribution is 5.48. The van der Waals surface area contributed by atoms with E-state index >= 15 is 0 Å². The van der Waals surface area contributed by atoms with Gasteiger partial charge in [0.25, 0.3) is 5.69 Å². The molecule has 1 heterocycles. The van der Waals surface area contributed by atoms with Gasteiger partial charge in [-0.05, 0) is 19.4 Å². The van der Waals surface area contributed by atoms with Crippen molar-refractivity contribution in [1.82, 2.24) is 9.78 Å². The Morgan fingerprint density at radius 2 is 2.21 bits per heavy atom. The van der Waals surface area contributed by atoms with E-state index in [2.05, 4.69) is 10.4 Å². The minimum atomic E-state index is -0.383. The molecule has 6 heteroatoms. The zero-order valence-corrected chi connectivity index (χ0v) is 11.1. The van der Waals surface area contributed by atoms with Gasteiger partial charge < -0.3 is 5.32 Å². The molecular weight excluding hydrogens is 244 g/mol. The van der Waals surface area contributed by atoms with Crippen molar-refractivity contribution >= 4 is 11.4 Å². The Bertz CT molecular complexity index is 606. The number of rotatable bonds is 4. The molecule has 1 atom stereocenters. The van der Waals surface area contributed by atoms with Crippen LogP contribution in [0.4, 0.5) is 11.4 Å². The molecule has 1 unspecified atom stereocenters. The van der Waals surface area contributed by atoms with E-state index in [4.69, 9.17) is 0 Å². The fourth-order valence-electron chi connectivity index (χ4n) is 1.97. The Morgan fingerprint density at radius 1 is 1.47 bits per heavy atom. The zero-order chi connectivity index (χ0) is 14.0. The van der Waals surface area contributed by atoms with Crippen LogP contribution in [0, 0.1) is 17.0 Å². The molecule has 0 aliphatic carbocycles. The number of hydrogen-bond donors (Lipinski definition) is 1. The average molecular weight is 260 g/mol. The van der Waals surface area contributed by atoms with Crippen molar-refractivity contribution in [2.45, 2.75) is 19.9 Å². The van der Waals surface area contributed by atoms with Crippen LogP contribution in [0.25, 0.3) is 0 Å². The summed E-state index contributed by atoms with van der Waals surface area (Å²) in [7, 11) is 1.86. The number of benzene rings is 1. The van der Waals surface area contributed by atoms with Crippen LogP contribution in [-0.2, 0) is 7.05 Å². The molecular formula is C13H16N4O2. The summed E-state index contributed by atoms with van der Waals surface area (Å²) in [5.41, 5.74) is 2.81. The van der Waals surface area contributed by atoms with Crippen molar-refractivity contribution in [2.24, 2.45) is 7.05 Å². The second-order valence-electron chi connectivity index (χ2n) is 4.52. The lowest BCUT2D eigenvalue weighted by atomic mass is 10.1. The first kappa shape index (κ1) is 13.1. The van der Waals surface area contributed by atoms with Gasteiger partial charge in [0.1, 0.15) is 0 Å². The largest absolute Gasteiger partial charge is 0.376 e. The molecule has 19 heavy (non-hydrogen) atoms. The molecule has 1 aromatic heterocycles. The molecule has 100 valence electrons. The van der Waals surface area contributed by atoms with Gasteiger partial charge in [-0.2, -0.15) is 5.10 Å². The minimum absolute atomic E-state index is 0.0252. The third kappa shape index (κ3) is 2.90. The Hall–Kier alpha value is -2.37. The number of aryl methyl sites for hydroxylation is 2. The van der Waals surface area contributed by atoms with E-state index in [0.29, 0.717) is 0 Å². The summed E-state index contributed by atoms with van der Waals surface area (Å²) < 4.78 is 1.73. The molecule has 2 aromatic rings. The molecule has 0 fully saturated rings. The molecule has 0 spiro atoms. The van der Waals surface area contributed by atoms with Crippen LogP contribution in [0.3, 0.4) is 0 Å². The van der Waals surface area contributed by atoms with E-state index < -0.39 is 0 Å². The lowest BCUT2D eigenvalue weighted by Gasteiger charge is -2.14. The molecule has 0 aliphatic rings. The monoisotopic (exact) mass is 260 g/mol. The van der Waals surface area contributed by atoms with Gasteiger partial charge in [-0.15, -0.1) is 0 Å². The van der Waals surface area contributed by atoms with Crippen LogP contribution in [0.2, 0.25) is 0 Å².